The minimum absolute atomic E-state index is 0.681. The van der Waals surface area contributed by atoms with E-state index >= 15 is 0 Å². The van der Waals surface area contributed by atoms with Crippen LogP contribution in [0.15, 0.2) is 18.3 Å². The maximum atomic E-state index is 9.75. The molecule has 0 bridgehead atoms. The third-order valence-corrected chi connectivity index (χ3v) is 1.77. The third-order valence-electron chi connectivity index (χ3n) is 1.77. The molecular weight excluding hydrogens is 197 g/mol. The van der Waals surface area contributed by atoms with Gasteiger partial charge in [0.05, 0.1) is 0 Å². The van der Waals surface area contributed by atoms with E-state index in [1.165, 1.54) is 12.1 Å². The Morgan fingerprint density at radius 1 is 1.36 bits per heavy atom. The highest BCUT2D eigenvalue weighted by molar-refractivity contribution is 6.50. The molecule has 0 saturated heterocycles. The van der Waals surface area contributed by atoms with Crippen molar-refractivity contribution in [1.29, 1.82) is 0 Å². The van der Waals surface area contributed by atoms with E-state index in [0.29, 0.717) is 5.92 Å². The molecule has 6 heteroatoms. The summed E-state index contributed by atoms with van der Waals surface area (Å²) in [6, 6.07) is 4.18. The Balaban J connectivity index is 0.000000292. The van der Waals surface area contributed by atoms with Crippen molar-refractivity contribution in [3.63, 3.8) is 0 Å². The molecule has 82 valence electrons. The van der Waals surface area contributed by atoms with Crippen LogP contribution in [-0.2, 0) is 0 Å². The molecule has 0 aromatic carbocycles. The predicted octanol–water partition coefficient (Wildman–Crippen LogP) is 3.83. The van der Waals surface area contributed by atoms with Crippen molar-refractivity contribution in [2.75, 3.05) is 0 Å². The number of rotatable bonds is 2. The van der Waals surface area contributed by atoms with Crippen molar-refractivity contribution >= 4 is 7.25 Å². The SMILES string of the molecule is CCC(C)c1ccc[nH]1.F[B-](F)(F)F. The first-order valence-electron chi connectivity index (χ1n) is 4.35. The normalized spacial score (nSPS) is 13.0. The number of H-pyrrole nitrogens is 1. The Morgan fingerprint density at radius 3 is 2.14 bits per heavy atom. The van der Waals surface area contributed by atoms with Crippen LogP contribution in [0, 0.1) is 0 Å². The molecule has 0 fully saturated rings. The van der Waals surface area contributed by atoms with E-state index in [0.717, 1.165) is 0 Å². The van der Waals surface area contributed by atoms with Crippen LogP contribution < -0.4 is 0 Å². The van der Waals surface area contributed by atoms with Gasteiger partial charge in [0.2, 0.25) is 0 Å². The first kappa shape index (κ1) is 13.1. The van der Waals surface area contributed by atoms with Crippen LogP contribution in [0.3, 0.4) is 0 Å². The molecule has 1 unspecified atom stereocenters. The van der Waals surface area contributed by atoms with E-state index in [1.807, 2.05) is 12.3 Å². The van der Waals surface area contributed by atoms with Crippen LogP contribution in [0.2, 0.25) is 0 Å². The van der Waals surface area contributed by atoms with Gasteiger partial charge in [-0.15, -0.1) is 0 Å². The van der Waals surface area contributed by atoms with Gasteiger partial charge in [-0.3, -0.25) is 0 Å². The maximum Gasteiger partial charge on any atom is 0.673 e. The Kier molecular flexibility index (Phi) is 5.34. The van der Waals surface area contributed by atoms with Gasteiger partial charge in [0.15, 0.2) is 0 Å². The summed E-state index contributed by atoms with van der Waals surface area (Å²) in [6.07, 6.45) is 3.18. The van der Waals surface area contributed by atoms with Gasteiger partial charge in [0, 0.05) is 11.9 Å². The van der Waals surface area contributed by atoms with Gasteiger partial charge >= 0.3 is 7.25 Å². The molecule has 1 heterocycles. The summed E-state index contributed by atoms with van der Waals surface area (Å²) >= 11 is 0. The van der Waals surface area contributed by atoms with E-state index in [1.54, 1.807) is 0 Å². The average Bonchev–Trinajstić information content (AvgIpc) is 2.51. The summed E-state index contributed by atoms with van der Waals surface area (Å²) in [5, 5.41) is 0. The largest absolute Gasteiger partial charge is 0.673 e. The van der Waals surface area contributed by atoms with Crippen molar-refractivity contribution in [2.24, 2.45) is 0 Å². The standard InChI is InChI=1S/C8H13N.BF4/c1-3-7(2)8-5-4-6-9-8;2-1(3,4)5/h4-7,9H,3H2,1-2H3;/q;-1. The molecule has 1 rings (SSSR count). The smallest absolute Gasteiger partial charge is 0.418 e. The molecule has 0 aliphatic rings. The molecule has 1 aromatic heterocycles. The average molecular weight is 210 g/mol. The van der Waals surface area contributed by atoms with Gasteiger partial charge in [-0.25, -0.2) is 0 Å². The third kappa shape index (κ3) is 7.70. The van der Waals surface area contributed by atoms with E-state index in [9.17, 15) is 17.3 Å². The predicted molar refractivity (Wildman–Crippen MR) is 49.7 cm³/mol. The lowest BCUT2D eigenvalue weighted by Gasteiger charge is -2.03. The second kappa shape index (κ2) is 5.72. The van der Waals surface area contributed by atoms with Crippen LogP contribution in [-0.4, -0.2) is 12.2 Å². The van der Waals surface area contributed by atoms with Crippen LogP contribution in [0.25, 0.3) is 0 Å². The molecule has 1 N–H and O–H groups in total. The van der Waals surface area contributed by atoms with Gasteiger partial charge in [0.25, 0.3) is 0 Å². The van der Waals surface area contributed by atoms with E-state index in [-0.39, 0.29) is 0 Å². The minimum Gasteiger partial charge on any atom is -0.418 e. The zero-order valence-electron chi connectivity index (χ0n) is 8.11. The molecule has 0 amide bonds. The highest BCUT2D eigenvalue weighted by Crippen LogP contribution is 2.14. The van der Waals surface area contributed by atoms with Crippen molar-refractivity contribution < 1.29 is 17.3 Å². The van der Waals surface area contributed by atoms with Gasteiger partial charge in [-0.2, -0.15) is 0 Å². The molecule has 0 radical (unpaired) electrons. The Morgan fingerprint density at radius 2 is 1.86 bits per heavy atom. The zero-order chi connectivity index (χ0) is 11.2. The summed E-state index contributed by atoms with van der Waals surface area (Å²) in [5.74, 6) is 0.681. The van der Waals surface area contributed by atoms with Gasteiger partial charge in [-0.05, 0) is 24.5 Å². The summed E-state index contributed by atoms with van der Waals surface area (Å²) in [7, 11) is -6.00. The van der Waals surface area contributed by atoms with Gasteiger partial charge < -0.3 is 22.2 Å². The fourth-order valence-corrected chi connectivity index (χ4v) is 0.871. The monoisotopic (exact) mass is 210 g/mol. The first-order chi connectivity index (χ1) is 6.34. The van der Waals surface area contributed by atoms with Crippen LogP contribution in [0.1, 0.15) is 31.9 Å². The van der Waals surface area contributed by atoms with E-state index in [4.69, 9.17) is 0 Å². The van der Waals surface area contributed by atoms with Gasteiger partial charge in [-0.1, -0.05) is 13.8 Å². The summed E-state index contributed by atoms with van der Waals surface area (Å²) < 4.78 is 39.0. The topological polar surface area (TPSA) is 15.8 Å². The number of aromatic nitrogens is 1. The van der Waals surface area contributed by atoms with Crippen molar-refractivity contribution in [3.05, 3.63) is 24.0 Å². The maximum absolute atomic E-state index is 9.75. The number of nitrogens with one attached hydrogen (secondary N) is 1. The fraction of sp³-hybridized carbons (Fsp3) is 0.500. The van der Waals surface area contributed by atoms with Crippen LogP contribution in [0.5, 0.6) is 0 Å². The molecule has 0 spiro atoms. The Labute approximate surface area is 80.6 Å². The number of aromatic amines is 1. The molecule has 0 aliphatic carbocycles. The quantitative estimate of drug-likeness (QED) is 0.563. The lowest BCUT2D eigenvalue weighted by molar-refractivity contribution is 0.368. The fourth-order valence-electron chi connectivity index (χ4n) is 0.871. The molecule has 1 atom stereocenters. The number of hydrogen-bond donors (Lipinski definition) is 1. The summed E-state index contributed by atoms with van der Waals surface area (Å²) in [4.78, 5) is 3.19. The number of hydrogen-bond acceptors (Lipinski definition) is 0. The molecule has 14 heavy (non-hydrogen) atoms. The second-order valence-corrected chi connectivity index (χ2v) is 2.93. The lowest BCUT2D eigenvalue weighted by atomic mass is 10.1. The molecular formula is C8H13BF4N-. The highest BCUT2D eigenvalue weighted by Gasteiger charge is 2.20. The van der Waals surface area contributed by atoms with Crippen LogP contribution in [0.4, 0.5) is 17.3 Å². The van der Waals surface area contributed by atoms with Crippen molar-refractivity contribution in [3.8, 4) is 0 Å². The molecule has 0 saturated carbocycles. The first-order valence-corrected chi connectivity index (χ1v) is 4.35. The summed E-state index contributed by atoms with van der Waals surface area (Å²) in [6.45, 7) is 4.43. The number of halogens is 4. The van der Waals surface area contributed by atoms with Crippen molar-refractivity contribution in [2.45, 2.75) is 26.2 Å². The van der Waals surface area contributed by atoms with Crippen LogP contribution >= 0.6 is 0 Å². The molecule has 0 aliphatic heterocycles. The second-order valence-electron chi connectivity index (χ2n) is 2.93. The lowest BCUT2D eigenvalue weighted by Crippen LogP contribution is -2.02. The Bertz CT molecular complexity index is 226. The highest BCUT2D eigenvalue weighted by atomic mass is 19.5. The minimum atomic E-state index is -6.00. The zero-order valence-corrected chi connectivity index (χ0v) is 8.11. The van der Waals surface area contributed by atoms with Crippen molar-refractivity contribution in [1.82, 2.24) is 4.98 Å². The van der Waals surface area contributed by atoms with Gasteiger partial charge in [0.1, 0.15) is 0 Å². The Hall–Kier alpha value is -0.935. The molecule has 1 aromatic rings. The van der Waals surface area contributed by atoms with E-state index < -0.39 is 7.25 Å². The van der Waals surface area contributed by atoms with E-state index in [2.05, 4.69) is 24.9 Å². The summed E-state index contributed by atoms with van der Waals surface area (Å²) in [5.41, 5.74) is 1.34. The molecule has 1 nitrogen and oxygen atoms in total.